The summed E-state index contributed by atoms with van der Waals surface area (Å²) in [5, 5.41) is 21.0. The van der Waals surface area contributed by atoms with Crippen LogP contribution in [-0.2, 0) is 9.59 Å². The van der Waals surface area contributed by atoms with Crippen LogP contribution in [0.2, 0.25) is 0 Å². The van der Waals surface area contributed by atoms with Crippen molar-refractivity contribution in [2.24, 2.45) is 0 Å². The number of rotatable bonds is 8. The molecule has 0 spiro atoms. The number of hydrogen-bond acceptors (Lipinski definition) is 8. The number of carboxylic acid groups (broad SMARTS) is 1. The van der Waals surface area contributed by atoms with Crippen LogP contribution in [0.15, 0.2) is 158 Å². The van der Waals surface area contributed by atoms with E-state index >= 15 is 0 Å². The summed E-state index contributed by atoms with van der Waals surface area (Å²) in [6.45, 7) is 28.0. The molecule has 4 N–H and O–H groups in total. The average Bonchev–Trinajstić information content (AvgIpc) is 4.06. The van der Waals surface area contributed by atoms with Crippen LogP contribution in [0.25, 0.3) is 41.6 Å². The molecular weight excluding hydrogens is 941 g/mol. The predicted molar refractivity (Wildman–Crippen MR) is 296 cm³/mol. The minimum Gasteiger partial charge on any atom is -0.507 e. The number of carbonyl (C=O) groups excluding carboxylic acids is 1. The highest BCUT2D eigenvalue weighted by molar-refractivity contribution is 9.09. The van der Waals surface area contributed by atoms with Gasteiger partial charge in [0.05, 0.1) is 36.4 Å². The smallest absolute Gasteiger partial charge is 0.349 e. The monoisotopic (exact) mass is 1010 g/mol. The summed E-state index contributed by atoms with van der Waals surface area (Å²) < 4.78 is 8.13. The van der Waals surface area contributed by atoms with Gasteiger partial charge in [0.25, 0.3) is 0 Å². The van der Waals surface area contributed by atoms with Crippen LogP contribution in [0.3, 0.4) is 0 Å². The van der Waals surface area contributed by atoms with Crippen LogP contribution in [0.5, 0.6) is 11.5 Å². The Hall–Kier alpha value is -5.72. The van der Waals surface area contributed by atoms with E-state index in [1.807, 2.05) is 218 Å². The van der Waals surface area contributed by atoms with E-state index in [-0.39, 0.29) is 16.1 Å². The van der Waals surface area contributed by atoms with Crippen LogP contribution >= 0.6 is 38.6 Å². The summed E-state index contributed by atoms with van der Waals surface area (Å²) in [5.41, 5.74) is 5.07. The lowest BCUT2D eigenvalue weighted by atomic mass is 10.1. The van der Waals surface area contributed by atoms with Crippen molar-refractivity contribution in [2.45, 2.75) is 108 Å². The van der Waals surface area contributed by atoms with E-state index in [0.717, 1.165) is 53.4 Å². The number of hydrogen-bond donors (Lipinski definition) is 2. The molecule has 0 aliphatic heterocycles. The van der Waals surface area contributed by atoms with Gasteiger partial charge in [-0.1, -0.05) is 222 Å². The van der Waals surface area contributed by atoms with E-state index in [1.165, 1.54) is 0 Å². The number of aldehydes is 1. The Labute approximate surface area is 418 Å². The second-order valence-corrected chi connectivity index (χ2v) is 14.2. The van der Waals surface area contributed by atoms with Crippen LogP contribution in [-0.4, -0.2) is 37.9 Å². The molecule has 8 aromatic rings. The number of alkyl halides is 1. The zero-order valence-electron chi connectivity index (χ0n) is 42.0. The molecule has 67 heavy (non-hydrogen) atoms. The second-order valence-electron chi connectivity index (χ2n) is 11.2. The molecule has 0 aliphatic rings. The van der Waals surface area contributed by atoms with E-state index in [0.29, 0.717) is 11.3 Å². The van der Waals surface area contributed by atoms with Gasteiger partial charge in [0, 0.05) is 5.56 Å². The molecular formula is C56H75BrN2O6S2. The molecule has 0 radical (unpaired) electrons. The molecule has 8 rings (SSSR count). The van der Waals surface area contributed by atoms with Crippen molar-refractivity contribution in [3.8, 4) is 32.6 Å². The highest BCUT2D eigenvalue weighted by atomic mass is 79.9. The topological polar surface area (TPSA) is 141 Å². The fourth-order valence-electron chi connectivity index (χ4n) is 5.11. The first kappa shape index (κ1) is 65.6. The van der Waals surface area contributed by atoms with Crippen molar-refractivity contribution >= 4 is 71.3 Å². The average molecular weight is 1020 g/mol. The number of fused-ring (bicyclic) bond motifs is 2. The third-order valence-electron chi connectivity index (χ3n) is 7.65. The van der Waals surface area contributed by atoms with Gasteiger partial charge in [-0.05, 0) is 54.1 Å². The number of benzene rings is 6. The molecule has 0 saturated heterocycles. The van der Waals surface area contributed by atoms with Gasteiger partial charge in [0.15, 0.2) is 0 Å². The first-order valence-electron chi connectivity index (χ1n) is 23.1. The van der Waals surface area contributed by atoms with Gasteiger partial charge >= 0.3 is 5.97 Å². The second kappa shape index (κ2) is 41.7. The van der Waals surface area contributed by atoms with Gasteiger partial charge in [-0.25, -0.2) is 14.8 Å². The number of halogens is 1. The quantitative estimate of drug-likeness (QED) is 0.114. The highest BCUT2D eigenvalue weighted by Crippen LogP contribution is 2.38. The number of phenols is 1. The number of carbonyl (C=O) groups is 2. The molecule has 0 aliphatic carbocycles. The normalized spacial score (nSPS) is 9.72. The summed E-state index contributed by atoms with van der Waals surface area (Å²) in [6.07, 6.45) is -0.207. The Balaban J connectivity index is -0.000000860. The maximum atomic E-state index is 11.8. The Morgan fingerprint density at radius 2 is 0.881 bits per heavy atom. The molecule has 0 fully saturated rings. The van der Waals surface area contributed by atoms with Crippen LogP contribution in [0.4, 0.5) is 0 Å². The van der Waals surface area contributed by atoms with Gasteiger partial charge in [-0.3, -0.25) is 0 Å². The van der Waals surface area contributed by atoms with Crippen LogP contribution in [0, 0.1) is 0 Å². The molecule has 6 aromatic carbocycles. The molecule has 2 unspecified atom stereocenters. The Bertz CT molecular complexity index is 2340. The summed E-state index contributed by atoms with van der Waals surface area (Å²) >= 11 is 6.37. The predicted octanol–water partition coefficient (Wildman–Crippen LogP) is 17.5. The Kier molecular flexibility index (Phi) is 40.8. The maximum absolute atomic E-state index is 11.8. The number of para-hydroxylation sites is 4. The Morgan fingerprint density at radius 3 is 1.30 bits per heavy atom. The van der Waals surface area contributed by atoms with Crippen molar-refractivity contribution in [3.05, 3.63) is 169 Å². The fraction of sp³-hybridized carbons (Fsp3) is 0.286. The van der Waals surface area contributed by atoms with Crippen molar-refractivity contribution in [1.82, 2.24) is 9.97 Å². The minimum atomic E-state index is -1.08. The number of nitrogens with zero attached hydrogens (tertiary/aromatic N) is 2. The number of aromatic hydroxyl groups is 1. The lowest BCUT2D eigenvalue weighted by molar-refractivity contribution is -0.145. The van der Waals surface area contributed by atoms with Gasteiger partial charge in [0.1, 0.15) is 27.8 Å². The largest absolute Gasteiger partial charge is 0.507 e. The fourth-order valence-corrected chi connectivity index (χ4v) is 7.41. The third kappa shape index (κ3) is 22.1. The molecule has 2 aromatic heterocycles. The van der Waals surface area contributed by atoms with Crippen LogP contribution < -0.4 is 4.74 Å². The lowest BCUT2D eigenvalue weighted by Crippen LogP contribution is -2.18. The van der Waals surface area contributed by atoms with E-state index < -0.39 is 12.1 Å². The number of aliphatic carboxylic acids is 1. The molecule has 364 valence electrons. The summed E-state index contributed by atoms with van der Waals surface area (Å²) in [4.78, 5) is 31.0. The zero-order chi connectivity index (χ0) is 50.3. The van der Waals surface area contributed by atoms with Gasteiger partial charge < -0.3 is 25.2 Å². The van der Waals surface area contributed by atoms with E-state index in [1.54, 1.807) is 59.1 Å². The Morgan fingerprint density at radius 1 is 0.522 bits per heavy atom. The number of carboxylic acids is 1. The van der Waals surface area contributed by atoms with Crippen molar-refractivity contribution in [1.29, 1.82) is 0 Å². The van der Waals surface area contributed by atoms with Crippen LogP contribution in [0.1, 0.15) is 119 Å². The molecule has 8 nitrogen and oxygen atoms in total. The summed E-state index contributed by atoms with van der Waals surface area (Å²) in [7, 11) is 0. The van der Waals surface area contributed by atoms with E-state index in [4.69, 9.17) is 4.74 Å². The van der Waals surface area contributed by atoms with Gasteiger partial charge in [0.2, 0.25) is 6.10 Å². The standard InChI is InChI=1S/C21H15NO3S.C13H9NOS.C8H7BrO.7C2H6.H2O/c23-21(24)19(14-8-2-1-3-9-14)25-17-12-6-4-10-15(17)20-22-16-11-5-7-13-18(16)26-20;15-11-7-3-1-5-9(11)13-14-10-6-2-4-8-12(10)16-13;9-8(6-10)7-4-2-1-3-5-7;7*1-2;/h1-13,19H,(H,23,24);1-8,15H;1-6,8H;7*1-2H3;1H2. The first-order valence-corrected chi connectivity index (χ1v) is 25.6. The molecule has 2 heterocycles. The molecule has 11 heteroatoms. The molecule has 0 amide bonds. The van der Waals surface area contributed by atoms with E-state index in [9.17, 15) is 19.8 Å². The van der Waals surface area contributed by atoms with Gasteiger partial charge in [-0.2, -0.15) is 0 Å². The maximum Gasteiger partial charge on any atom is 0.349 e. The summed E-state index contributed by atoms with van der Waals surface area (Å²) in [5.74, 6) is -0.250. The van der Waals surface area contributed by atoms with E-state index in [2.05, 4.69) is 25.9 Å². The number of thiazole rings is 2. The molecule has 0 bridgehead atoms. The zero-order valence-corrected chi connectivity index (χ0v) is 45.2. The summed E-state index contributed by atoms with van der Waals surface area (Å²) in [6, 6.07) is 49.1. The molecule has 0 saturated carbocycles. The van der Waals surface area contributed by atoms with Gasteiger partial charge in [-0.15, -0.1) is 22.7 Å². The lowest BCUT2D eigenvalue weighted by Gasteiger charge is -2.17. The minimum absolute atomic E-state index is 0. The van der Waals surface area contributed by atoms with Crippen molar-refractivity contribution < 1.29 is 30.0 Å². The SMILES string of the molecule is CC.CC.CC.CC.CC.CC.CC.O.O=C(O)C(Oc1ccccc1-c1nc2ccccc2s1)c1ccccc1.O=CC(Br)c1ccccc1.Oc1ccccc1-c1nc2ccccc2s1. The van der Waals surface area contributed by atoms with Crippen molar-refractivity contribution in [2.75, 3.05) is 0 Å². The first-order chi connectivity index (χ1) is 32.4. The highest BCUT2D eigenvalue weighted by Gasteiger charge is 2.23. The molecule has 2 atom stereocenters. The number of phenolic OH excluding ortho intramolecular Hbond substituents is 1. The number of aromatic nitrogens is 2. The number of ether oxygens (including phenoxy) is 1. The third-order valence-corrected chi connectivity index (χ3v) is 10.5. The van der Waals surface area contributed by atoms with Crippen molar-refractivity contribution in [3.63, 3.8) is 0 Å².